The standard InChI is InChI=1S/C13H9Cl3FNO2S/c14-9-5-11(16)13(6-10(9)15)21(19,20)18-7-8-3-1-2-4-12(8)17/h1-6,18H,7H2. The lowest BCUT2D eigenvalue weighted by atomic mass is 10.2. The van der Waals surface area contributed by atoms with E-state index < -0.39 is 15.8 Å². The first-order valence-electron chi connectivity index (χ1n) is 5.69. The van der Waals surface area contributed by atoms with Crippen LogP contribution in [0.2, 0.25) is 15.1 Å². The van der Waals surface area contributed by atoms with E-state index in [1.807, 2.05) is 0 Å². The highest BCUT2D eigenvalue weighted by Crippen LogP contribution is 2.31. The number of nitrogens with one attached hydrogen (secondary N) is 1. The summed E-state index contributed by atoms with van der Waals surface area (Å²) in [4.78, 5) is -0.213. The monoisotopic (exact) mass is 367 g/mol. The van der Waals surface area contributed by atoms with Crippen molar-refractivity contribution < 1.29 is 12.8 Å². The molecule has 0 aliphatic rings. The molecule has 0 bridgehead atoms. The van der Waals surface area contributed by atoms with Gasteiger partial charge in [0, 0.05) is 12.1 Å². The molecule has 0 aliphatic carbocycles. The minimum Gasteiger partial charge on any atom is -0.207 e. The Morgan fingerprint density at radius 2 is 1.62 bits per heavy atom. The molecule has 112 valence electrons. The molecule has 0 unspecified atom stereocenters. The van der Waals surface area contributed by atoms with Crippen LogP contribution in [0.1, 0.15) is 5.56 Å². The summed E-state index contributed by atoms with van der Waals surface area (Å²) in [5.41, 5.74) is 0.220. The van der Waals surface area contributed by atoms with Crippen LogP contribution in [-0.2, 0) is 16.6 Å². The second-order valence-electron chi connectivity index (χ2n) is 4.11. The third-order valence-electron chi connectivity index (χ3n) is 2.67. The summed E-state index contributed by atoms with van der Waals surface area (Å²) in [5.74, 6) is -0.500. The van der Waals surface area contributed by atoms with Crippen LogP contribution in [0.5, 0.6) is 0 Å². The van der Waals surface area contributed by atoms with Gasteiger partial charge in [-0.2, -0.15) is 0 Å². The van der Waals surface area contributed by atoms with Crippen LogP contribution in [0.3, 0.4) is 0 Å². The third-order valence-corrected chi connectivity index (χ3v) is 5.26. The van der Waals surface area contributed by atoms with Gasteiger partial charge in [0.25, 0.3) is 0 Å². The number of benzene rings is 2. The van der Waals surface area contributed by atoms with Crippen LogP contribution in [0.25, 0.3) is 0 Å². The van der Waals surface area contributed by atoms with Crippen molar-refractivity contribution >= 4 is 44.8 Å². The molecular formula is C13H9Cl3FNO2S. The zero-order valence-electron chi connectivity index (χ0n) is 10.4. The number of rotatable bonds is 4. The van der Waals surface area contributed by atoms with Crippen molar-refractivity contribution in [3.63, 3.8) is 0 Å². The Bertz CT molecular complexity index is 781. The summed E-state index contributed by atoms with van der Waals surface area (Å²) in [5, 5.41) is 0.146. The molecule has 0 atom stereocenters. The smallest absolute Gasteiger partial charge is 0.207 e. The Kier molecular flexibility index (Phi) is 5.11. The molecule has 1 N–H and O–H groups in total. The molecule has 0 amide bonds. The Morgan fingerprint density at radius 1 is 1.00 bits per heavy atom. The van der Waals surface area contributed by atoms with Gasteiger partial charge >= 0.3 is 0 Å². The second kappa shape index (κ2) is 6.50. The van der Waals surface area contributed by atoms with Crippen LogP contribution in [0, 0.1) is 5.82 Å². The zero-order chi connectivity index (χ0) is 15.6. The average molecular weight is 369 g/mol. The maximum Gasteiger partial charge on any atom is 0.242 e. The number of sulfonamides is 1. The molecule has 21 heavy (non-hydrogen) atoms. The average Bonchev–Trinajstić information content (AvgIpc) is 2.42. The van der Waals surface area contributed by atoms with Gasteiger partial charge in [0.05, 0.1) is 15.1 Å². The van der Waals surface area contributed by atoms with Gasteiger partial charge in [0.15, 0.2) is 0 Å². The van der Waals surface area contributed by atoms with Gasteiger partial charge in [0.2, 0.25) is 10.0 Å². The lowest BCUT2D eigenvalue weighted by Gasteiger charge is -2.10. The Balaban J connectivity index is 2.27. The molecule has 0 fully saturated rings. The summed E-state index contributed by atoms with van der Waals surface area (Å²) in [7, 11) is -3.94. The van der Waals surface area contributed by atoms with Crippen LogP contribution in [0.15, 0.2) is 41.3 Å². The molecule has 8 heteroatoms. The predicted octanol–water partition coefficient (Wildman–Crippen LogP) is 4.26. The van der Waals surface area contributed by atoms with E-state index in [4.69, 9.17) is 34.8 Å². The molecule has 2 aromatic carbocycles. The highest BCUT2D eigenvalue weighted by atomic mass is 35.5. The van der Waals surface area contributed by atoms with E-state index in [-0.39, 0.29) is 32.1 Å². The van der Waals surface area contributed by atoms with E-state index in [0.29, 0.717) is 0 Å². The fourth-order valence-corrected chi connectivity index (χ4v) is 3.61. The maximum atomic E-state index is 13.5. The van der Waals surface area contributed by atoms with E-state index in [9.17, 15) is 12.8 Å². The molecule has 0 aliphatic heterocycles. The van der Waals surface area contributed by atoms with Crippen LogP contribution < -0.4 is 4.72 Å². The highest BCUT2D eigenvalue weighted by Gasteiger charge is 2.20. The first-order valence-corrected chi connectivity index (χ1v) is 8.30. The molecule has 0 spiro atoms. The van der Waals surface area contributed by atoms with Crippen LogP contribution in [0.4, 0.5) is 4.39 Å². The number of hydrogen-bond donors (Lipinski definition) is 1. The molecular weight excluding hydrogens is 360 g/mol. The van der Waals surface area contributed by atoms with Crippen molar-refractivity contribution in [1.29, 1.82) is 0 Å². The van der Waals surface area contributed by atoms with Crippen molar-refractivity contribution in [1.82, 2.24) is 4.72 Å². The summed E-state index contributed by atoms with van der Waals surface area (Å²) in [6.07, 6.45) is 0. The van der Waals surface area contributed by atoms with Crippen molar-refractivity contribution in [2.24, 2.45) is 0 Å². The topological polar surface area (TPSA) is 46.2 Å². The van der Waals surface area contributed by atoms with E-state index in [1.165, 1.54) is 24.3 Å². The highest BCUT2D eigenvalue weighted by molar-refractivity contribution is 7.89. The molecule has 2 aromatic rings. The molecule has 0 radical (unpaired) electrons. The number of halogens is 4. The largest absolute Gasteiger partial charge is 0.242 e. The van der Waals surface area contributed by atoms with E-state index >= 15 is 0 Å². The van der Waals surface area contributed by atoms with Gasteiger partial charge in [-0.3, -0.25) is 0 Å². The fourth-order valence-electron chi connectivity index (χ4n) is 1.60. The Morgan fingerprint density at radius 3 is 2.29 bits per heavy atom. The maximum absolute atomic E-state index is 13.5. The van der Waals surface area contributed by atoms with E-state index in [0.717, 1.165) is 6.07 Å². The van der Waals surface area contributed by atoms with E-state index in [1.54, 1.807) is 6.07 Å². The quantitative estimate of drug-likeness (QED) is 0.819. The first-order chi connectivity index (χ1) is 9.81. The Hall–Kier alpha value is -0.850. The van der Waals surface area contributed by atoms with Crippen LogP contribution in [-0.4, -0.2) is 8.42 Å². The summed E-state index contributed by atoms with van der Waals surface area (Å²) < 4.78 is 40.1. The predicted molar refractivity (Wildman–Crippen MR) is 81.9 cm³/mol. The normalized spacial score (nSPS) is 11.6. The summed E-state index contributed by atoms with van der Waals surface area (Å²) in [6, 6.07) is 8.24. The summed E-state index contributed by atoms with van der Waals surface area (Å²) in [6.45, 7) is -0.203. The van der Waals surface area contributed by atoms with Gasteiger partial charge in [-0.25, -0.2) is 17.5 Å². The number of hydrogen-bond acceptors (Lipinski definition) is 2. The SMILES string of the molecule is O=S(=O)(NCc1ccccc1F)c1cc(Cl)c(Cl)cc1Cl. The molecule has 0 aromatic heterocycles. The minimum absolute atomic E-state index is 0.0623. The molecule has 0 saturated carbocycles. The van der Waals surface area contributed by atoms with Gasteiger partial charge in [0.1, 0.15) is 10.7 Å². The van der Waals surface area contributed by atoms with E-state index in [2.05, 4.69) is 4.72 Å². The minimum atomic E-state index is -3.94. The van der Waals surface area contributed by atoms with Gasteiger partial charge in [-0.05, 0) is 18.2 Å². The molecule has 2 rings (SSSR count). The molecule has 3 nitrogen and oxygen atoms in total. The van der Waals surface area contributed by atoms with Gasteiger partial charge in [-0.1, -0.05) is 53.0 Å². The van der Waals surface area contributed by atoms with Crippen molar-refractivity contribution in [2.45, 2.75) is 11.4 Å². The third kappa shape index (κ3) is 3.87. The lowest BCUT2D eigenvalue weighted by molar-refractivity contribution is 0.574. The zero-order valence-corrected chi connectivity index (χ0v) is 13.5. The van der Waals surface area contributed by atoms with Crippen molar-refractivity contribution in [2.75, 3.05) is 0 Å². The van der Waals surface area contributed by atoms with Crippen molar-refractivity contribution in [3.8, 4) is 0 Å². The lowest BCUT2D eigenvalue weighted by Crippen LogP contribution is -2.24. The van der Waals surface area contributed by atoms with Gasteiger partial charge < -0.3 is 0 Å². The first kappa shape index (κ1) is 16.5. The van der Waals surface area contributed by atoms with Gasteiger partial charge in [-0.15, -0.1) is 0 Å². The van der Waals surface area contributed by atoms with Crippen molar-refractivity contribution in [3.05, 3.63) is 62.8 Å². The fraction of sp³-hybridized carbons (Fsp3) is 0.0769. The molecule has 0 heterocycles. The Labute approximate surface area is 136 Å². The summed E-state index contributed by atoms with van der Waals surface area (Å²) >= 11 is 17.4. The molecule has 0 saturated heterocycles. The van der Waals surface area contributed by atoms with Crippen LogP contribution >= 0.6 is 34.8 Å². The second-order valence-corrected chi connectivity index (χ2v) is 7.07.